The molecule has 1 fully saturated rings. The van der Waals surface area contributed by atoms with Crippen molar-refractivity contribution in [3.05, 3.63) is 0 Å². The minimum absolute atomic E-state index is 0.0878. The van der Waals surface area contributed by atoms with Gasteiger partial charge in [-0.3, -0.25) is 41.6 Å². The van der Waals surface area contributed by atoms with E-state index in [1.54, 1.807) is 0 Å². The second-order valence-electron chi connectivity index (χ2n) is 8.37. The monoisotopic (exact) mass is 616 g/mol. The van der Waals surface area contributed by atoms with Crippen LogP contribution < -0.4 is 0 Å². The fraction of sp³-hybridized carbons (Fsp3) is 0.824. The van der Waals surface area contributed by atoms with Gasteiger partial charge in [0, 0.05) is 6.61 Å². The van der Waals surface area contributed by atoms with Gasteiger partial charge in [-0.2, -0.15) is 0 Å². The first-order valence-corrected chi connectivity index (χ1v) is 16.1. The molecule has 0 saturated carbocycles. The van der Waals surface area contributed by atoms with E-state index in [-0.39, 0.29) is 6.61 Å². The summed E-state index contributed by atoms with van der Waals surface area (Å²) in [5, 5.41) is 37.6. The summed E-state index contributed by atoms with van der Waals surface area (Å²) >= 11 is 0. The molecule has 0 amide bonds. The number of ether oxygens (including phenoxy) is 2. The molecule has 18 nitrogen and oxygen atoms in total. The Hall–Kier alpha value is -1.26. The Morgan fingerprint density at radius 2 is 1.24 bits per heavy atom. The first-order valence-electron chi connectivity index (χ1n) is 10.8. The van der Waals surface area contributed by atoms with E-state index in [0.717, 1.165) is 6.92 Å². The molecule has 1 aliphatic rings. The third-order valence-corrected chi connectivity index (χ3v) is 8.40. The van der Waals surface area contributed by atoms with E-state index in [4.69, 9.17) is 38.4 Å². The molecule has 1 heterocycles. The Morgan fingerprint density at radius 3 is 1.66 bits per heavy atom. The molecule has 0 spiro atoms. The van der Waals surface area contributed by atoms with Crippen molar-refractivity contribution >= 4 is 40.7 Å². The van der Waals surface area contributed by atoms with Crippen molar-refractivity contribution in [3.8, 4) is 0 Å². The Kier molecular flexibility index (Phi) is 12.7. The lowest BCUT2D eigenvalue weighted by Gasteiger charge is -2.49. The van der Waals surface area contributed by atoms with Crippen LogP contribution in [0, 0.1) is 0 Å². The lowest BCUT2D eigenvalue weighted by Crippen LogP contribution is -2.65. The van der Waals surface area contributed by atoms with Crippen LogP contribution in [0.2, 0.25) is 0 Å². The van der Waals surface area contributed by atoms with Crippen LogP contribution >= 0.6 is 22.8 Å². The quantitative estimate of drug-likeness (QED) is 0.0827. The fourth-order valence-corrected chi connectivity index (χ4v) is 6.45. The van der Waals surface area contributed by atoms with Crippen molar-refractivity contribution in [2.75, 3.05) is 31.7 Å². The van der Waals surface area contributed by atoms with Crippen LogP contribution in [0.4, 0.5) is 0 Å². The molecule has 3 unspecified atom stereocenters. The zero-order valence-electron chi connectivity index (χ0n) is 20.2. The first-order chi connectivity index (χ1) is 17.2. The molecule has 0 aromatic carbocycles. The molecule has 0 radical (unpaired) electrons. The first kappa shape index (κ1) is 34.8. The van der Waals surface area contributed by atoms with Gasteiger partial charge in [-0.1, -0.05) is 13.3 Å². The van der Waals surface area contributed by atoms with Crippen LogP contribution in [-0.4, -0.2) is 115 Å². The third-order valence-electron chi connectivity index (χ3n) is 4.69. The standard InChI is InChI=1S/C17H31O18P3/c1-3-4-5-31-6-10-14(33-36(25,26)7-11(18)19)15(34-37(27,28)8-12(20)21)16(17(2,24)32-10)35-38(29,30)9-13(22)23/h10,14-16,24H,3-9H2,1-2H3,(H,18,19)(H,20,21)(H,22,23)(H,25,26)(H,27,28)(H,29,30)/t10-,14-,15-,16+,17+/m1/s1. The van der Waals surface area contributed by atoms with Crippen LogP contribution in [0.25, 0.3) is 0 Å². The Labute approximate surface area is 216 Å². The van der Waals surface area contributed by atoms with Gasteiger partial charge in [0.1, 0.15) is 42.9 Å². The Balaban J connectivity index is 3.63. The topological polar surface area (TPSA) is 290 Å². The van der Waals surface area contributed by atoms with Crippen LogP contribution in [0.1, 0.15) is 26.7 Å². The number of hydrogen-bond donors (Lipinski definition) is 7. The third kappa shape index (κ3) is 11.9. The average molecular weight is 616 g/mol. The number of carbonyl (C=O) groups is 3. The molecule has 0 aromatic rings. The predicted molar refractivity (Wildman–Crippen MR) is 123 cm³/mol. The fourth-order valence-electron chi connectivity index (χ4n) is 3.29. The summed E-state index contributed by atoms with van der Waals surface area (Å²) in [6, 6.07) is 0. The maximum Gasteiger partial charge on any atom is 0.339 e. The van der Waals surface area contributed by atoms with Gasteiger partial charge in [-0.05, 0) is 13.3 Å². The Morgan fingerprint density at radius 1 is 0.816 bits per heavy atom. The zero-order chi connectivity index (χ0) is 29.5. The van der Waals surface area contributed by atoms with E-state index in [1.807, 2.05) is 6.92 Å². The van der Waals surface area contributed by atoms with E-state index in [0.29, 0.717) is 12.8 Å². The van der Waals surface area contributed by atoms with E-state index in [2.05, 4.69) is 0 Å². The lowest BCUT2D eigenvalue weighted by atomic mass is 9.93. The number of aliphatic hydroxyl groups is 1. The summed E-state index contributed by atoms with van der Waals surface area (Å²) in [5.74, 6) is -8.25. The van der Waals surface area contributed by atoms with Crippen molar-refractivity contribution in [3.63, 3.8) is 0 Å². The summed E-state index contributed by atoms with van der Waals surface area (Å²) in [7, 11) is -15.6. The molecule has 1 aliphatic heterocycles. The highest BCUT2D eigenvalue weighted by Crippen LogP contribution is 2.54. The normalized spacial score (nSPS) is 30.5. The van der Waals surface area contributed by atoms with E-state index < -0.39 is 96.0 Å². The SMILES string of the molecule is CCCCOC[C@H]1O[C@](C)(O)[C@@H](OP(=O)(O)CC(=O)O)[C@H](OP(=O)(O)CC(=O)O)[C@@H]1OP(=O)(O)CC(=O)O. The highest BCUT2D eigenvalue weighted by Gasteiger charge is 2.59. The molecule has 0 bridgehead atoms. The summed E-state index contributed by atoms with van der Waals surface area (Å²) in [5.41, 5.74) is 0. The summed E-state index contributed by atoms with van der Waals surface area (Å²) < 4.78 is 62.9. The number of hydrogen-bond acceptors (Lipinski definition) is 12. The van der Waals surface area contributed by atoms with Crippen LogP contribution in [0.15, 0.2) is 0 Å². The smallest absolute Gasteiger partial charge is 0.339 e. The lowest BCUT2D eigenvalue weighted by molar-refractivity contribution is -0.331. The minimum Gasteiger partial charge on any atom is -0.481 e. The summed E-state index contributed by atoms with van der Waals surface area (Å²) in [6.45, 7) is 2.15. The molecule has 222 valence electrons. The van der Waals surface area contributed by atoms with Gasteiger partial charge in [0.15, 0.2) is 5.79 Å². The van der Waals surface area contributed by atoms with Gasteiger partial charge in [0.25, 0.3) is 0 Å². The molecule has 21 heteroatoms. The molecule has 7 N–H and O–H groups in total. The van der Waals surface area contributed by atoms with Crippen molar-refractivity contribution in [1.82, 2.24) is 0 Å². The minimum atomic E-state index is -5.24. The largest absolute Gasteiger partial charge is 0.481 e. The second kappa shape index (κ2) is 13.9. The molecule has 0 aromatic heterocycles. The molecule has 1 saturated heterocycles. The van der Waals surface area contributed by atoms with Gasteiger partial charge >= 0.3 is 40.7 Å². The van der Waals surface area contributed by atoms with Crippen molar-refractivity contribution in [2.24, 2.45) is 0 Å². The highest BCUT2D eigenvalue weighted by molar-refractivity contribution is 7.54. The van der Waals surface area contributed by atoms with Crippen LogP contribution in [-0.2, 0) is 51.1 Å². The number of aliphatic carboxylic acids is 3. The Bertz CT molecular complexity index is 997. The summed E-state index contributed by atoms with van der Waals surface area (Å²) in [6.07, 6.45) is -12.0. The van der Waals surface area contributed by atoms with Gasteiger partial charge in [-0.25, -0.2) is 0 Å². The van der Waals surface area contributed by atoms with Crippen molar-refractivity contribution in [2.45, 2.75) is 56.9 Å². The number of carboxylic acids is 3. The summed E-state index contributed by atoms with van der Waals surface area (Å²) in [4.78, 5) is 63.2. The van der Waals surface area contributed by atoms with E-state index in [1.165, 1.54) is 0 Å². The molecule has 0 aliphatic carbocycles. The van der Waals surface area contributed by atoms with Gasteiger partial charge < -0.3 is 44.6 Å². The molecule has 8 atom stereocenters. The van der Waals surface area contributed by atoms with Gasteiger partial charge in [0.05, 0.1) is 6.61 Å². The second-order valence-corrected chi connectivity index (χ2v) is 13.8. The molecule has 1 rings (SSSR count). The maximum absolute atomic E-state index is 12.5. The van der Waals surface area contributed by atoms with Crippen molar-refractivity contribution < 1.29 is 86.2 Å². The van der Waals surface area contributed by atoms with E-state index in [9.17, 15) is 47.9 Å². The number of unbranched alkanes of at least 4 members (excludes halogenated alkanes) is 1. The number of carboxylic acid groups (broad SMARTS) is 3. The van der Waals surface area contributed by atoms with Gasteiger partial charge in [0.2, 0.25) is 0 Å². The highest BCUT2D eigenvalue weighted by atomic mass is 31.2. The zero-order valence-corrected chi connectivity index (χ0v) is 22.9. The number of rotatable bonds is 17. The average Bonchev–Trinajstić information content (AvgIpc) is 2.67. The predicted octanol–water partition coefficient (Wildman–Crippen LogP) is -0.124. The van der Waals surface area contributed by atoms with Gasteiger partial charge in [-0.15, -0.1) is 0 Å². The van der Waals surface area contributed by atoms with Crippen LogP contribution in [0.3, 0.4) is 0 Å². The van der Waals surface area contributed by atoms with E-state index >= 15 is 0 Å². The molecular weight excluding hydrogens is 585 g/mol. The molecule has 38 heavy (non-hydrogen) atoms. The van der Waals surface area contributed by atoms with Crippen LogP contribution in [0.5, 0.6) is 0 Å². The maximum atomic E-state index is 12.5. The van der Waals surface area contributed by atoms with Crippen molar-refractivity contribution in [1.29, 1.82) is 0 Å². The molecular formula is C17H31O18P3.